The molecule has 4 atom stereocenters. The van der Waals surface area contributed by atoms with Crippen LogP contribution in [-0.2, 0) is 27.8 Å². The van der Waals surface area contributed by atoms with Crippen LogP contribution in [0.3, 0.4) is 0 Å². The molecule has 2 N–H and O–H groups in total. The van der Waals surface area contributed by atoms with Crippen LogP contribution >= 0.6 is 0 Å². The number of aromatic nitrogens is 2. The summed E-state index contributed by atoms with van der Waals surface area (Å²) in [4.78, 5) is 48.4. The Kier molecular flexibility index (Phi) is 6.69. The maximum Gasteiger partial charge on any atom is 0.406 e. The summed E-state index contributed by atoms with van der Waals surface area (Å²) in [6.45, 7) is -0.557. The van der Waals surface area contributed by atoms with Crippen LogP contribution in [0.15, 0.2) is 42.7 Å². The Hall–Kier alpha value is -4.49. The number of amides is 3. The van der Waals surface area contributed by atoms with Crippen LogP contribution in [0.2, 0.25) is 0 Å². The predicted octanol–water partition coefficient (Wildman–Crippen LogP) is 3.95. The first-order valence-corrected chi connectivity index (χ1v) is 13.4. The molecule has 1 fully saturated rings. The van der Waals surface area contributed by atoms with Gasteiger partial charge in [0.1, 0.15) is 24.2 Å². The lowest BCUT2D eigenvalue weighted by molar-refractivity contribution is -0.170. The molecule has 1 aromatic carbocycles. The second-order valence-corrected chi connectivity index (χ2v) is 11.1. The fourth-order valence-electron chi connectivity index (χ4n) is 6.43. The van der Waals surface area contributed by atoms with Gasteiger partial charge in [0.25, 0.3) is 5.91 Å². The molecule has 1 saturated heterocycles. The van der Waals surface area contributed by atoms with Crippen LogP contribution in [0.25, 0.3) is 0 Å². The summed E-state index contributed by atoms with van der Waals surface area (Å²) in [5.41, 5.74) is 0.0460. The van der Waals surface area contributed by atoms with E-state index >= 15 is 0 Å². The number of halogens is 6. The zero-order chi connectivity index (χ0) is 30.8. The quantitative estimate of drug-likeness (QED) is 0.348. The Morgan fingerprint density at radius 2 is 1.86 bits per heavy atom. The normalized spacial score (nSPS) is 24.6. The third kappa shape index (κ3) is 4.78. The van der Waals surface area contributed by atoms with E-state index in [0.717, 1.165) is 0 Å². The molecule has 0 saturated carbocycles. The van der Waals surface area contributed by atoms with Gasteiger partial charge in [-0.25, -0.2) is 18.2 Å². The minimum Gasteiger partial charge on any atom is -0.340 e. The number of nitrogens with zero attached hydrogens (tertiary/aromatic N) is 3. The SMILES string of the molecule is C[C@@H]1[C@@H](c2c(F)ccc(F)c2F)C[C@H](NC(=O)c2cnc3c(c2)C[C@@]2(C3)C(=O)Nc3ncccc32)C(=O)N1CC(F)(F)F. The molecule has 8 nitrogen and oxygen atoms in total. The second-order valence-electron chi connectivity index (χ2n) is 11.1. The summed E-state index contributed by atoms with van der Waals surface area (Å²) in [6, 6.07) is 3.19. The van der Waals surface area contributed by atoms with Gasteiger partial charge >= 0.3 is 6.18 Å². The van der Waals surface area contributed by atoms with Crippen molar-refractivity contribution in [2.45, 2.75) is 55.8 Å². The number of benzene rings is 1. The van der Waals surface area contributed by atoms with E-state index in [0.29, 0.717) is 39.7 Å². The molecule has 224 valence electrons. The van der Waals surface area contributed by atoms with Crippen LogP contribution in [-0.4, -0.2) is 57.4 Å². The molecule has 0 radical (unpaired) electrons. The summed E-state index contributed by atoms with van der Waals surface area (Å²) in [6.07, 6.45) is -2.11. The number of nitrogens with one attached hydrogen (secondary N) is 2. The van der Waals surface area contributed by atoms with Gasteiger partial charge in [-0.15, -0.1) is 0 Å². The number of rotatable bonds is 4. The maximum absolute atomic E-state index is 14.7. The molecule has 0 bridgehead atoms. The van der Waals surface area contributed by atoms with Crippen molar-refractivity contribution in [1.29, 1.82) is 0 Å². The molecule has 14 heteroatoms. The highest BCUT2D eigenvalue weighted by Gasteiger charge is 2.52. The largest absolute Gasteiger partial charge is 0.406 e. The predicted molar refractivity (Wildman–Crippen MR) is 138 cm³/mol. The monoisotopic (exact) mass is 603 g/mol. The molecule has 4 heterocycles. The lowest BCUT2D eigenvalue weighted by atomic mass is 9.80. The van der Waals surface area contributed by atoms with Crippen molar-refractivity contribution in [2.75, 3.05) is 11.9 Å². The van der Waals surface area contributed by atoms with Gasteiger partial charge in [0.05, 0.1) is 11.0 Å². The highest BCUT2D eigenvalue weighted by Crippen LogP contribution is 2.46. The molecular formula is C29H23F6N5O3. The van der Waals surface area contributed by atoms with E-state index in [9.17, 15) is 40.7 Å². The minimum atomic E-state index is -4.86. The van der Waals surface area contributed by atoms with E-state index in [-0.39, 0.29) is 24.3 Å². The summed E-state index contributed by atoms with van der Waals surface area (Å²) >= 11 is 0. The first kappa shape index (κ1) is 28.6. The average Bonchev–Trinajstić information content (AvgIpc) is 3.47. The van der Waals surface area contributed by atoms with E-state index in [1.807, 2.05) is 0 Å². The maximum atomic E-state index is 14.7. The smallest absolute Gasteiger partial charge is 0.340 e. The lowest BCUT2D eigenvalue weighted by Crippen LogP contribution is -2.60. The number of carbonyl (C=O) groups is 3. The van der Waals surface area contributed by atoms with Crippen LogP contribution in [0.5, 0.6) is 0 Å². The number of hydrogen-bond acceptors (Lipinski definition) is 5. The summed E-state index contributed by atoms with van der Waals surface area (Å²) in [7, 11) is 0. The Morgan fingerprint density at radius 3 is 2.60 bits per heavy atom. The molecular weight excluding hydrogens is 580 g/mol. The van der Waals surface area contributed by atoms with Crippen molar-refractivity contribution >= 4 is 23.5 Å². The van der Waals surface area contributed by atoms with Crippen LogP contribution < -0.4 is 10.6 Å². The summed E-state index contributed by atoms with van der Waals surface area (Å²) < 4.78 is 83.8. The number of alkyl halides is 3. The van der Waals surface area contributed by atoms with E-state index in [1.54, 1.807) is 18.3 Å². The van der Waals surface area contributed by atoms with Crippen molar-refractivity contribution in [3.05, 3.63) is 88.1 Å². The summed E-state index contributed by atoms with van der Waals surface area (Å²) in [5.74, 6) is -7.38. The Morgan fingerprint density at radius 1 is 1.12 bits per heavy atom. The highest BCUT2D eigenvalue weighted by atomic mass is 19.4. The van der Waals surface area contributed by atoms with Gasteiger partial charge in [0.15, 0.2) is 11.6 Å². The zero-order valence-corrected chi connectivity index (χ0v) is 22.4. The van der Waals surface area contributed by atoms with E-state index in [2.05, 4.69) is 20.6 Å². The number of piperidine rings is 1. The van der Waals surface area contributed by atoms with Crippen molar-refractivity contribution in [3.63, 3.8) is 0 Å². The molecule has 43 heavy (non-hydrogen) atoms. The Labute approximate surface area is 240 Å². The van der Waals surface area contributed by atoms with Crippen LogP contribution in [0, 0.1) is 17.5 Å². The number of likely N-dealkylation sites (tertiary alicyclic amines) is 1. The highest BCUT2D eigenvalue weighted by molar-refractivity contribution is 6.06. The number of hydrogen-bond donors (Lipinski definition) is 2. The molecule has 2 aliphatic heterocycles. The molecule has 0 unspecified atom stereocenters. The molecule has 3 amide bonds. The van der Waals surface area contributed by atoms with Gasteiger partial charge in [-0.2, -0.15) is 13.2 Å². The van der Waals surface area contributed by atoms with Gasteiger partial charge in [0.2, 0.25) is 11.8 Å². The number of pyridine rings is 2. The number of fused-ring (bicyclic) bond motifs is 3. The van der Waals surface area contributed by atoms with E-state index in [4.69, 9.17) is 0 Å². The van der Waals surface area contributed by atoms with Crippen molar-refractivity contribution in [1.82, 2.24) is 20.2 Å². The van der Waals surface area contributed by atoms with Gasteiger partial charge in [-0.1, -0.05) is 6.07 Å². The molecule has 1 spiro atoms. The second kappa shape index (κ2) is 10.1. The zero-order valence-electron chi connectivity index (χ0n) is 22.4. The fourth-order valence-corrected chi connectivity index (χ4v) is 6.43. The van der Waals surface area contributed by atoms with Crippen molar-refractivity contribution in [3.8, 4) is 0 Å². The molecule has 3 aromatic rings. The van der Waals surface area contributed by atoms with Gasteiger partial charge in [-0.3, -0.25) is 19.4 Å². The van der Waals surface area contributed by atoms with Gasteiger partial charge in [0, 0.05) is 47.6 Å². The lowest BCUT2D eigenvalue weighted by Gasteiger charge is -2.43. The fraction of sp³-hybridized carbons (Fsp3) is 0.345. The van der Waals surface area contributed by atoms with Crippen molar-refractivity contribution < 1.29 is 40.7 Å². The van der Waals surface area contributed by atoms with E-state index in [1.165, 1.54) is 19.2 Å². The first-order valence-electron chi connectivity index (χ1n) is 13.4. The summed E-state index contributed by atoms with van der Waals surface area (Å²) in [5, 5.41) is 5.14. The standard InChI is InChI=1S/C29H23F6N5O3/c1-13-16(22-18(30)4-5-19(31)23(22)32)8-20(26(42)40(13)12-29(33,34)35)38-25(41)15-7-14-9-28(10-21(14)37-11-15)17-3-2-6-36-24(17)39-27(28)43/h2-7,11,13,16,20H,8-10,12H2,1H3,(H,38,41)(H,36,39,43)/t13-,16+,20+,28+/m1/s1. The molecule has 3 aliphatic rings. The van der Waals surface area contributed by atoms with Gasteiger partial charge in [-0.05, 0) is 49.6 Å². The molecule has 1 aliphatic carbocycles. The number of carbonyl (C=O) groups excluding carboxylic acids is 3. The van der Waals surface area contributed by atoms with Crippen LogP contribution in [0.1, 0.15) is 52.0 Å². The van der Waals surface area contributed by atoms with Gasteiger partial charge < -0.3 is 15.5 Å². The Balaban J connectivity index is 1.28. The first-order chi connectivity index (χ1) is 20.3. The molecule has 6 rings (SSSR count). The van der Waals surface area contributed by atoms with Crippen LogP contribution in [0.4, 0.5) is 32.2 Å². The number of anilines is 1. The average molecular weight is 604 g/mol. The minimum absolute atomic E-state index is 0.0333. The third-order valence-electron chi connectivity index (χ3n) is 8.52. The topological polar surface area (TPSA) is 104 Å². The van der Waals surface area contributed by atoms with Crippen molar-refractivity contribution in [2.24, 2.45) is 0 Å². The third-order valence-corrected chi connectivity index (χ3v) is 8.52. The Bertz CT molecular complexity index is 1680. The molecule has 2 aromatic heterocycles. The van der Waals surface area contributed by atoms with E-state index < -0.39 is 77.4 Å².